The zero-order chi connectivity index (χ0) is 21.6. The molecule has 1 amide bonds. The molecule has 0 bridgehead atoms. The molecule has 29 heavy (non-hydrogen) atoms. The number of carbonyl (C=O) groups is 2. The standard InChI is InChI=1S/C20H21ClN2O5S/c1-12-5-7-16(15(21)9-12)22-29(26,27)13-6-8-17-14(10-13)20(2,3)19(25)23(17)11-18(24)28-4/h5-10,22H,11H2,1-4H3. The molecule has 7 nitrogen and oxygen atoms in total. The summed E-state index contributed by atoms with van der Waals surface area (Å²) in [5.41, 5.74) is 1.18. The molecule has 0 atom stereocenters. The number of rotatable bonds is 5. The van der Waals surface area contributed by atoms with Crippen molar-refractivity contribution in [3.63, 3.8) is 0 Å². The van der Waals surface area contributed by atoms with Crippen LogP contribution in [0.5, 0.6) is 0 Å². The summed E-state index contributed by atoms with van der Waals surface area (Å²) >= 11 is 6.14. The Balaban J connectivity index is 2.00. The number of sulfonamides is 1. The van der Waals surface area contributed by atoms with Gasteiger partial charge in [0.25, 0.3) is 10.0 Å². The molecule has 0 aliphatic carbocycles. The number of ether oxygens (including phenoxy) is 1. The monoisotopic (exact) mass is 436 g/mol. The molecule has 3 rings (SSSR count). The highest BCUT2D eigenvalue weighted by molar-refractivity contribution is 7.92. The second-order valence-electron chi connectivity index (χ2n) is 7.36. The van der Waals surface area contributed by atoms with E-state index in [1.165, 1.54) is 30.2 Å². The average molecular weight is 437 g/mol. The summed E-state index contributed by atoms with van der Waals surface area (Å²) in [4.78, 5) is 25.8. The third-order valence-electron chi connectivity index (χ3n) is 4.91. The second kappa shape index (κ2) is 7.35. The zero-order valence-corrected chi connectivity index (χ0v) is 18.0. The van der Waals surface area contributed by atoms with E-state index in [2.05, 4.69) is 9.46 Å². The Morgan fingerprint density at radius 1 is 1.21 bits per heavy atom. The van der Waals surface area contributed by atoms with Gasteiger partial charge >= 0.3 is 5.97 Å². The number of amides is 1. The number of benzene rings is 2. The lowest BCUT2D eigenvalue weighted by molar-refractivity contribution is -0.140. The highest BCUT2D eigenvalue weighted by atomic mass is 35.5. The van der Waals surface area contributed by atoms with Crippen LogP contribution >= 0.6 is 11.6 Å². The summed E-state index contributed by atoms with van der Waals surface area (Å²) in [7, 11) is -2.70. The van der Waals surface area contributed by atoms with E-state index in [0.717, 1.165) is 5.56 Å². The molecular weight excluding hydrogens is 416 g/mol. The van der Waals surface area contributed by atoms with Crippen molar-refractivity contribution >= 4 is 44.9 Å². The lowest BCUT2D eigenvalue weighted by Crippen LogP contribution is -2.39. The van der Waals surface area contributed by atoms with E-state index in [1.807, 2.05) is 6.92 Å². The first-order valence-corrected chi connectivity index (χ1v) is 10.7. The Bertz CT molecular complexity index is 1110. The van der Waals surface area contributed by atoms with Gasteiger partial charge in [-0.25, -0.2) is 8.42 Å². The minimum Gasteiger partial charge on any atom is -0.468 e. The first-order valence-electron chi connectivity index (χ1n) is 8.79. The van der Waals surface area contributed by atoms with Crippen LogP contribution in [0.1, 0.15) is 25.0 Å². The van der Waals surface area contributed by atoms with Gasteiger partial charge in [0.15, 0.2) is 0 Å². The number of halogens is 1. The SMILES string of the molecule is COC(=O)CN1C(=O)C(C)(C)c2cc(S(=O)(=O)Nc3ccc(C)cc3Cl)ccc21. The van der Waals surface area contributed by atoms with E-state index in [9.17, 15) is 18.0 Å². The lowest BCUT2D eigenvalue weighted by Gasteiger charge is -2.19. The molecule has 0 aromatic heterocycles. The molecule has 9 heteroatoms. The highest BCUT2D eigenvalue weighted by Gasteiger charge is 2.45. The molecular formula is C20H21ClN2O5S. The zero-order valence-electron chi connectivity index (χ0n) is 16.4. The molecule has 0 saturated heterocycles. The fourth-order valence-electron chi connectivity index (χ4n) is 3.24. The number of methoxy groups -OCH3 is 1. The van der Waals surface area contributed by atoms with Crippen LogP contribution in [-0.4, -0.2) is 33.9 Å². The van der Waals surface area contributed by atoms with Crippen molar-refractivity contribution in [3.8, 4) is 0 Å². The van der Waals surface area contributed by atoms with Crippen molar-refractivity contribution in [3.05, 3.63) is 52.5 Å². The van der Waals surface area contributed by atoms with Crippen molar-refractivity contribution in [1.82, 2.24) is 0 Å². The molecule has 0 unspecified atom stereocenters. The normalized spacial score (nSPS) is 15.2. The molecule has 1 aliphatic rings. The van der Waals surface area contributed by atoms with Gasteiger partial charge < -0.3 is 9.64 Å². The van der Waals surface area contributed by atoms with E-state index < -0.39 is 21.4 Å². The van der Waals surface area contributed by atoms with Gasteiger partial charge in [-0.15, -0.1) is 0 Å². The van der Waals surface area contributed by atoms with Gasteiger partial charge in [-0.05, 0) is 62.2 Å². The van der Waals surface area contributed by atoms with Crippen LogP contribution in [0.25, 0.3) is 0 Å². The maximum absolute atomic E-state index is 12.9. The maximum atomic E-state index is 12.9. The number of hydrogen-bond acceptors (Lipinski definition) is 5. The van der Waals surface area contributed by atoms with E-state index in [-0.39, 0.29) is 28.1 Å². The fourth-order valence-corrected chi connectivity index (χ4v) is 4.68. The molecule has 0 saturated carbocycles. The van der Waals surface area contributed by atoms with E-state index in [4.69, 9.17) is 11.6 Å². The van der Waals surface area contributed by atoms with Crippen molar-refractivity contribution in [2.24, 2.45) is 0 Å². The third-order valence-corrected chi connectivity index (χ3v) is 6.58. The van der Waals surface area contributed by atoms with Gasteiger partial charge in [0.2, 0.25) is 5.91 Å². The van der Waals surface area contributed by atoms with Gasteiger partial charge in [-0.3, -0.25) is 14.3 Å². The summed E-state index contributed by atoms with van der Waals surface area (Å²) in [5, 5.41) is 0.287. The van der Waals surface area contributed by atoms with Crippen molar-refractivity contribution in [1.29, 1.82) is 0 Å². The van der Waals surface area contributed by atoms with Gasteiger partial charge in [0, 0.05) is 5.69 Å². The van der Waals surface area contributed by atoms with Crippen LogP contribution in [0.4, 0.5) is 11.4 Å². The molecule has 1 N–H and O–H groups in total. The number of aryl methyl sites for hydroxylation is 1. The van der Waals surface area contributed by atoms with Crippen molar-refractivity contribution < 1.29 is 22.7 Å². The first-order chi connectivity index (χ1) is 13.5. The third kappa shape index (κ3) is 3.82. The van der Waals surface area contributed by atoms with Gasteiger partial charge in [-0.2, -0.15) is 0 Å². The first kappa shape index (κ1) is 21.1. The number of nitrogens with zero attached hydrogens (tertiary/aromatic N) is 1. The van der Waals surface area contributed by atoms with E-state index in [1.54, 1.807) is 32.0 Å². The fraction of sp³-hybridized carbons (Fsp3) is 0.300. The van der Waals surface area contributed by atoms with Crippen LogP contribution < -0.4 is 9.62 Å². The second-order valence-corrected chi connectivity index (χ2v) is 9.45. The Morgan fingerprint density at radius 2 is 1.90 bits per heavy atom. The lowest BCUT2D eigenvalue weighted by atomic mass is 9.86. The van der Waals surface area contributed by atoms with Crippen LogP contribution in [-0.2, 0) is 29.8 Å². The van der Waals surface area contributed by atoms with Gasteiger partial charge in [0.05, 0.1) is 28.1 Å². The topological polar surface area (TPSA) is 92.8 Å². The minimum absolute atomic E-state index is 0.00585. The summed E-state index contributed by atoms with van der Waals surface area (Å²) < 4.78 is 32.9. The predicted octanol–water partition coefficient (Wildman–Crippen LogP) is 3.25. The quantitative estimate of drug-likeness (QED) is 0.726. The largest absolute Gasteiger partial charge is 0.468 e. The molecule has 1 aliphatic heterocycles. The molecule has 2 aromatic carbocycles. The Kier molecular flexibility index (Phi) is 5.36. The van der Waals surface area contributed by atoms with Crippen LogP contribution in [0.2, 0.25) is 5.02 Å². The molecule has 154 valence electrons. The van der Waals surface area contributed by atoms with E-state index in [0.29, 0.717) is 11.3 Å². The van der Waals surface area contributed by atoms with Crippen LogP contribution in [0.3, 0.4) is 0 Å². The highest BCUT2D eigenvalue weighted by Crippen LogP contribution is 2.42. The Labute approximate surface area is 174 Å². The molecule has 2 aromatic rings. The summed E-state index contributed by atoms with van der Waals surface area (Å²) in [6.45, 7) is 4.98. The Morgan fingerprint density at radius 3 is 2.52 bits per heavy atom. The van der Waals surface area contributed by atoms with Crippen LogP contribution in [0, 0.1) is 6.92 Å². The number of hydrogen-bond donors (Lipinski definition) is 1. The van der Waals surface area contributed by atoms with E-state index >= 15 is 0 Å². The summed E-state index contributed by atoms with van der Waals surface area (Å²) in [6, 6.07) is 9.37. The molecule has 1 heterocycles. The predicted molar refractivity (Wildman–Crippen MR) is 111 cm³/mol. The van der Waals surface area contributed by atoms with Crippen molar-refractivity contribution in [2.45, 2.75) is 31.1 Å². The number of esters is 1. The average Bonchev–Trinajstić information content (AvgIpc) is 2.84. The van der Waals surface area contributed by atoms with Gasteiger partial charge in [-0.1, -0.05) is 17.7 Å². The number of anilines is 2. The summed E-state index contributed by atoms with van der Waals surface area (Å²) in [5.74, 6) is -0.864. The van der Waals surface area contributed by atoms with Crippen LogP contribution in [0.15, 0.2) is 41.3 Å². The summed E-state index contributed by atoms with van der Waals surface area (Å²) in [6.07, 6.45) is 0. The molecule has 0 fully saturated rings. The Hall–Kier alpha value is -2.58. The van der Waals surface area contributed by atoms with Crippen molar-refractivity contribution in [2.75, 3.05) is 23.3 Å². The smallest absolute Gasteiger partial charge is 0.325 e. The number of carbonyl (C=O) groups excluding carboxylic acids is 2. The minimum atomic E-state index is -3.94. The maximum Gasteiger partial charge on any atom is 0.325 e. The molecule has 0 spiro atoms. The molecule has 0 radical (unpaired) electrons. The number of nitrogens with one attached hydrogen (secondary N) is 1. The van der Waals surface area contributed by atoms with Gasteiger partial charge in [0.1, 0.15) is 6.54 Å². The number of fused-ring (bicyclic) bond motifs is 1.